The van der Waals surface area contributed by atoms with E-state index < -0.39 is 12.0 Å². The van der Waals surface area contributed by atoms with Crippen LogP contribution in [0.1, 0.15) is 6.92 Å². The van der Waals surface area contributed by atoms with Crippen LogP contribution in [-0.2, 0) is 19.0 Å². The predicted octanol–water partition coefficient (Wildman–Crippen LogP) is -1.10. The third kappa shape index (κ3) is 9.61. The van der Waals surface area contributed by atoms with E-state index in [1.54, 1.807) is 6.92 Å². The topological polar surface area (TPSA) is 91.0 Å². The third-order valence-corrected chi connectivity index (χ3v) is 1.45. The molecule has 0 aromatic carbocycles. The second kappa shape index (κ2) is 9.85. The lowest BCUT2D eigenvalue weighted by Gasteiger charge is -2.07. The molecule has 0 heterocycles. The molecule has 0 aliphatic rings. The van der Waals surface area contributed by atoms with Crippen molar-refractivity contribution in [3.05, 3.63) is 0 Å². The second-order valence-electron chi connectivity index (χ2n) is 2.90. The minimum atomic E-state index is -0.599. The van der Waals surface area contributed by atoms with Gasteiger partial charge in [0.2, 0.25) is 0 Å². The first-order valence-corrected chi connectivity index (χ1v) is 4.87. The quantitative estimate of drug-likeness (QED) is 0.379. The molecule has 0 amide bonds. The van der Waals surface area contributed by atoms with E-state index in [9.17, 15) is 4.79 Å². The first kappa shape index (κ1) is 14.3. The number of hydrogen-bond acceptors (Lipinski definition) is 6. The first-order valence-electron chi connectivity index (χ1n) is 4.87. The molecule has 15 heavy (non-hydrogen) atoms. The Bertz CT molecular complexity index is 163. The molecule has 0 saturated carbocycles. The lowest BCUT2D eigenvalue weighted by Crippen LogP contribution is -2.29. The Kier molecular flexibility index (Phi) is 9.40. The van der Waals surface area contributed by atoms with Crippen molar-refractivity contribution in [3.8, 4) is 0 Å². The predicted molar refractivity (Wildman–Crippen MR) is 53.3 cm³/mol. The molecule has 0 aliphatic heterocycles. The van der Waals surface area contributed by atoms with E-state index in [4.69, 9.17) is 25.1 Å². The van der Waals surface area contributed by atoms with Crippen LogP contribution in [0.25, 0.3) is 0 Å². The van der Waals surface area contributed by atoms with Crippen molar-refractivity contribution >= 4 is 5.97 Å². The average Bonchev–Trinajstić information content (AvgIpc) is 2.21. The molecule has 90 valence electrons. The zero-order valence-electron chi connectivity index (χ0n) is 8.98. The summed E-state index contributed by atoms with van der Waals surface area (Å²) >= 11 is 0. The number of aliphatic hydroxyl groups is 1. The van der Waals surface area contributed by atoms with Gasteiger partial charge in [0.05, 0.1) is 33.0 Å². The van der Waals surface area contributed by atoms with E-state index in [0.717, 1.165) is 0 Å². The third-order valence-electron chi connectivity index (χ3n) is 1.45. The van der Waals surface area contributed by atoms with Crippen molar-refractivity contribution in [2.45, 2.75) is 13.0 Å². The maximum Gasteiger partial charge on any atom is 0.322 e. The molecule has 0 rings (SSSR count). The molecule has 0 unspecified atom stereocenters. The summed E-state index contributed by atoms with van der Waals surface area (Å²) < 4.78 is 14.8. The van der Waals surface area contributed by atoms with Crippen LogP contribution in [0.5, 0.6) is 0 Å². The van der Waals surface area contributed by atoms with Crippen molar-refractivity contribution in [1.29, 1.82) is 0 Å². The van der Waals surface area contributed by atoms with Crippen molar-refractivity contribution in [2.24, 2.45) is 5.73 Å². The molecule has 0 radical (unpaired) electrons. The molecule has 3 N–H and O–H groups in total. The normalized spacial score (nSPS) is 12.5. The maximum atomic E-state index is 10.9. The fourth-order valence-corrected chi connectivity index (χ4v) is 0.719. The molecule has 1 atom stereocenters. The number of nitrogens with two attached hydrogens (primary N) is 1. The molecule has 6 nitrogen and oxygen atoms in total. The molecule has 0 aromatic heterocycles. The summed E-state index contributed by atoms with van der Waals surface area (Å²) in [7, 11) is 0. The number of hydrogen-bond donors (Lipinski definition) is 2. The largest absolute Gasteiger partial charge is 0.462 e. The molecule has 0 aromatic rings. The van der Waals surface area contributed by atoms with E-state index in [1.807, 2.05) is 0 Å². The molecule has 6 heteroatoms. The van der Waals surface area contributed by atoms with Crippen LogP contribution in [-0.4, -0.2) is 56.8 Å². The van der Waals surface area contributed by atoms with Crippen molar-refractivity contribution in [2.75, 3.05) is 39.6 Å². The first-order chi connectivity index (χ1) is 7.18. The Morgan fingerprint density at radius 1 is 1.20 bits per heavy atom. The summed E-state index contributed by atoms with van der Waals surface area (Å²) in [5.41, 5.74) is 5.27. The van der Waals surface area contributed by atoms with Gasteiger partial charge in [0, 0.05) is 0 Å². The number of ether oxygens (including phenoxy) is 3. The van der Waals surface area contributed by atoms with Gasteiger partial charge in [-0.25, -0.2) is 0 Å². The van der Waals surface area contributed by atoms with Crippen LogP contribution in [0, 0.1) is 0 Å². The summed E-state index contributed by atoms with van der Waals surface area (Å²) in [6.45, 7) is 3.22. The number of rotatable bonds is 9. The Balaban J connectivity index is 3.08. The average molecular weight is 221 g/mol. The molecule has 0 bridgehead atoms. The van der Waals surface area contributed by atoms with Crippen LogP contribution in [0.15, 0.2) is 0 Å². The molecular formula is C9H19NO5. The molecule has 0 aliphatic carbocycles. The van der Waals surface area contributed by atoms with Gasteiger partial charge < -0.3 is 25.1 Å². The lowest BCUT2D eigenvalue weighted by atomic mass is 10.4. The van der Waals surface area contributed by atoms with Crippen molar-refractivity contribution in [3.63, 3.8) is 0 Å². The van der Waals surface area contributed by atoms with Gasteiger partial charge in [0.15, 0.2) is 0 Å². The van der Waals surface area contributed by atoms with Gasteiger partial charge in [0.1, 0.15) is 12.6 Å². The lowest BCUT2D eigenvalue weighted by molar-refractivity contribution is -0.146. The Morgan fingerprint density at radius 3 is 2.27 bits per heavy atom. The van der Waals surface area contributed by atoms with Crippen LogP contribution in [0.2, 0.25) is 0 Å². The molecular weight excluding hydrogens is 202 g/mol. The second-order valence-corrected chi connectivity index (χ2v) is 2.90. The zero-order valence-corrected chi connectivity index (χ0v) is 8.98. The summed E-state index contributed by atoms with van der Waals surface area (Å²) in [5, 5.41) is 8.38. The van der Waals surface area contributed by atoms with E-state index in [1.165, 1.54) is 0 Å². The van der Waals surface area contributed by atoms with E-state index in [2.05, 4.69) is 0 Å². The van der Waals surface area contributed by atoms with Crippen LogP contribution >= 0.6 is 0 Å². The molecule has 0 fully saturated rings. The molecule has 0 spiro atoms. The number of carbonyl (C=O) groups excluding carboxylic acids is 1. The zero-order chi connectivity index (χ0) is 11.5. The Hall–Kier alpha value is -0.690. The van der Waals surface area contributed by atoms with Crippen LogP contribution in [0.3, 0.4) is 0 Å². The van der Waals surface area contributed by atoms with Crippen molar-refractivity contribution < 1.29 is 24.1 Å². The summed E-state index contributed by atoms with van der Waals surface area (Å²) in [4.78, 5) is 10.9. The number of esters is 1. The van der Waals surface area contributed by atoms with Gasteiger partial charge in [-0.2, -0.15) is 0 Å². The fourth-order valence-electron chi connectivity index (χ4n) is 0.719. The highest BCUT2D eigenvalue weighted by Crippen LogP contribution is 1.85. The van der Waals surface area contributed by atoms with Crippen LogP contribution in [0.4, 0.5) is 0 Å². The van der Waals surface area contributed by atoms with Gasteiger partial charge in [0.25, 0.3) is 0 Å². The summed E-state index contributed by atoms with van der Waals surface area (Å²) in [5.74, 6) is -0.435. The number of aliphatic hydroxyl groups excluding tert-OH is 1. The Labute approximate surface area is 89.3 Å². The van der Waals surface area contributed by atoms with E-state index in [-0.39, 0.29) is 13.2 Å². The van der Waals surface area contributed by atoms with E-state index in [0.29, 0.717) is 26.4 Å². The van der Waals surface area contributed by atoms with Gasteiger partial charge >= 0.3 is 5.97 Å². The Morgan fingerprint density at radius 2 is 1.73 bits per heavy atom. The van der Waals surface area contributed by atoms with E-state index >= 15 is 0 Å². The monoisotopic (exact) mass is 221 g/mol. The van der Waals surface area contributed by atoms with Gasteiger partial charge in [-0.05, 0) is 6.92 Å². The standard InChI is InChI=1S/C9H19NO5/c1-8(10)9(12)15-7-6-14-5-4-13-3-2-11/h8,11H,2-7,10H2,1H3/t8-/m0/s1. The molecule has 0 saturated heterocycles. The van der Waals surface area contributed by atoms with Gasteiger partial charge in [-0.3, -0.25) is 4.79 Å². The highest BCUT2D eigenvalue weighted by molar-refractivity contribution is 5.74. The minimum absolute atomic E-state index is 0.00595. The SMILES string of the molecule is C[C@H](N)C(=O)OCCOCCOCCO. The number of carbonyl (C=O) groups is 1. The highest BCUT2D eigenvalue weighted by Gasteiger charge is 2.07. The van der Waals surface area contributed by atoms with Gasteiger partial charge in [-0.1, -0.05) is 0 Å². The van der Waals surface area contributed by atoms with Crippen molar-refractivity contribution in [1.82, 2.24) is 0 Å². The van der Waals surface area contributed by atoms with Crippen LogP contribution < -0.4 is 5.73 Å². The van der Waals surface area contributed by atoms with Gasteiger partial charge in [-0.15, -0.1) is 0 Å². The highest BCUT2D eigenvalue weighted by atomic mass is 16.6. The maximum absolute atomic E-state index is 10.9. The minimum Gasteiger partial charge on any atom is -0.462 e. The fraction of sp³-hybridized carbons (Fsp3) is 0.889. The summed E-state index contributed by atoms with van der Waals surface area (Å²) in [6, 6.07) is -0.599. The summed E-state index contributed by atoms with van der Waals surface area (Å²) in [6.07, 6.45) is 0. The smallest absolute Gasteiger partial charge is 0.322 e.